The molecule has 2 N–H and O–H groups in total. The first-order chi connectivity index (χ1) is 7.80. The van der Waals surface area contributed by atoms with Crippen molar-refractivity contribution >= 4 is 5.96 Å². The van der Waals surface area contributed by atoms with Gasteiger partial charge in [0, 0.05) is 19.6 Å². The Hall–Kier alpha value is -0.990. The fourth-order valence-corrected chi connectivity index (χ4v) is 1.94. The highest BCUT2D eigenvalue weighted by atomic mass is 15.2. The molecule has 92 valence electrons. The van der Waals surface area contributed by atoms with E-state index in [1.165, 1.54) is 12.8 Å². The van der Waals surface area contributed by atoms with Gasteiger partial charge in [0.1, 0.15) is 0 Å². The smallest absolute Gasteiger partial charge is 0.191 e. The molecule has 1 rings (SSSR count). The average Bonchev–Trinajstić information content (AvgIpc) is 2.81. The van der Waals surface area contributed by atoms with Gasteiger partial charge in [-0.1, -0.05) is 38.8 Å². The maximum atomic E-state index is 4.26. The van der Waals surface area contributed by atoms with Crippen LogP contribution in [0, 0.1) is 5.92 Å². The Morgan fingerprint density at radius 3 is 2.44 bits per heavy atom. The second-order valence-electron chi connectivity index (χ2n) is 4.42. The summed E-state index contributed by atoms with van der Waals surface area (Å²) in [6, 6.07) is 0.535. The predicted octanol–water partition coefficient (Wildman–Crippen LogP) is 2.31. The first-order valence-electron chi connectivity index (χ1n) is 6.42. The van der Waals surface area contributed by atoms with E-state index in [2.05, 4.69) is 41.6 Å². The minimum atomic E-state index is 0.535. The molecule has 0 aliphatic heterocycles. The maximum Gasteiger partial charge on any atom is 0.191 e. The van der Waals surface area contributed by atoms with Gasteiger partial charge in [-0.15, -0.1) is 0 Å². The summed E-state index contributed by atoms with van der Waals surface area (Å²) in [4.78, 5) is 4.26. The molecule has 0 fully saturated rings. The van der Waals surface area contributed by atoms with E-state index in [9.17, 15) is 0 Å². The molecule has 1 aliphatic carbocycles. The summed E-state index contributed by atoms with van der Waals surface area (Å²) in [6.07, 6.45) is 9.14. The molecule has 0 saturated carbocycles. The molecule has 0 aromatic carbocycles. The summed E-state index contributed by atoms with van der Waals surface area (Å²) in [5, 5.41) is 6.85. The highest BCUT2D eigenvalue weighted by molar-refractivity contribution is 5.80. The summed E-state index contributed by atoms with van der Waals surface area (Å²) >= 11 is 0. The fraction of sp³-hybridized carbons (Fsp3) is 0.769. The third-order valence-electron chi connectivity index (χ3n) is 3.29. The van der Waals surface area contributed by atoms with Crippen molar-refractivity contribution in [1.29, 1.82) is 0 Å². The zero-order chi connectivity index (χ0) is 11.8. The Labute approximate surface area is 99.4 Å². The second-order valence-corrected chi connectivity index (χ2v) is 4.42. The van der Waals surface area contributed by atoms with Crippen LogP contribution in [-0.4, -0.2) is 25.6 Å². The van der Waals surface area contributed by atoms with Crippen LogP contribution >= 0.6 is 0 Å². The molecule has 0 unspecified atom stereocenters. The topological polar surface area (TPSA) is 36.4 Å². The Morgan fingerprint density at radius 1 is 1.31 bits per heavy atom. The van der Waals surface area contributed by atoms with Crippen molar-refractivity contribution in [1.82, 2.24) is 10.6 Å². The van der Waals surface area contributed by atoms with E-state index in [1.807, 2.05) is 7.05 Å². The molecule has 0 bridgehead atoms. The molecule has 0 amide bonds. The molecule has 0 radical (unpaired) electrons. The van der Waals surface area contributed by atoms with Crippen LogP contribution in [0.2, 0.25) is 0 Å². The summed E-state index contributed by atoms with van der Waals surface area (Å²) in [5.41, 5.74) is 0. The lowest BCUT2D eigenvalue weighted by Gasteiger charge is -2.19. The van der Waals surface area contributed by atoms with Gasteiger partial charge >= 0.3 is 0 Å². The van der Waals surface area contributed by atoms with Gasteiger partial charge in [-0.05, 0) is 18.8 Å². The first kappa shape index (κ1) is 13.1. The molecular weight excluding hydrogens is 198 g/mol. The lowest BCUT2D eigenvalue weighted by atomic mass is 10.0. The van der Waals surface area contributed by atoms with Gasteiger partial charge in [-0.2, -0.15) is 0 Å². The van der Waals surface area contributed by atoms with Crippen molar-refractivity contribution in [3.8, 4) is 0 Å². The van der Waals surface area contributed by atoms with Crippen molar-refractivity contribution in [2.45, 2.75) is 45.6 Å². The van der Waals surface area contributed by atoms with E-state index in [-0.39, 0.29) is 0 Å². The molecule has 0 heterocycles. The first-order valence-corrected chi connectivity index (χ1v) is 6.42. The Kier molecular flexibility index (Phi) is 5.98. The minimum absolute atomic E-state index is 0.535. The van der Waals surface area contributed by atoms with Gasteiger partial charge in [0.25, 0.3) is 0 Å². The van der Waals surface area contributed by atoms with E-state index < -0.39 is 0 Å². The van der Waals surface area contributed by atoms with Crippen LogP contribution in [0.15, 0.2) is 17.1 Å². The number of rotatable bonds is 5. The number of hydrogen-bond acceptors (Lipinski definition) is 1. The van der Waals surface area contributed by atoms with Crippen molar-refractivity contribution in [2.75, 3.05) is 13.6 Å². The van der Waals surface area contributed by atoms with Crippen LogP contribution in [0.3, 0.4) is 0 Å². The van der Waals surface area contributed by atoms with Crippen LogP contribution in [0.25, 0.3) is 0 Å². The standard InChI is InChI=1S/C13H25N3/c1-4-11(5-2)10-15-13(14-3)16-12-8-6-7-9-12/h6-7,11-12H,4-5,8-10H2,1-3H3,(H2,14,15,16). The number of guanidine groups is 1. The third kappa shape index (κ3) is 4.25. The Morgan fingerprint density at radius 2 is 1.94 bits per heavy atom. The molecule has 0 aromatic heterocycles. The van der Waals surface area contributed by atoms with Crippen molar-refractivity contribution < 1.29 is 0 Å². The normalized spacial score (nSPS) is 17.1. The van der Waals surface area contributed by atoms with Crippen LogP contribution in [0.4, 0.5) is 0 Å². The van der Waals surface area contributed by atoms with Crippen LogP contribution in [0.1, 0.15) is 39.5 Å². The quantitative estimate of drug-likeness (QED) is 0.426. The third-order valence-corrected chi connectivity index (χ3v) is 3.29. The largest absolute Gasteiger partial charge is 0.356 e. The van der Waals surface area contributed by atoms with E-state index in [0.717, 1.165) is 31.3 Å². The predicted molar refractivity (Wildman–Crippen MR) is 70.7 cm³/mol. The van der Waals surface area contributed by atoms with Crippen molar-refractivity contribution in [2.24, 2.45) is 10.9 Å². The van der Waals surface area contributed by atoms with Crippen molar-refractivity contribution in [3.63, 3.8) is 0 Å². The Bertz CT molecular complexity index is 234. The monoisotopic (exact) mass is 223 g/mol. The number of aliphatic imine (C=N–C) groups is 1. The molecule has 3 nitrogen and oxygen atoms in total. The maximum absolute atomic E-state index is 4.26. The molecule has 0 atom stereocenters. The second kappa shape index (κ2) is 7.31. The molecule has 16 heavy (non-hydrogen) atoms. The van der Waals surface area contributed by atoms with Gasteiger partial charge in [-0.25, -0.2) is 0 Å². The van der Waals surface area contributed by atoms with Crippen LogP contribution in [0.5, 0.6) is 0 Å². The highest BCUT2D eigenvalue weighted by Crippen LogP contribution is 2.09. The number of hydrogen-bond donors (Lipinski definition) is 2. The summed E-state index contributed by atoms with van der Waals surface area (Å²) < 4.78 is 0. The van der Waals surface area contributed by atoms with E-state index >= 15 is 0 Å². The molecule has 1 aliphatic rings. The summed E-state index contributed by atoms with van der Waals surface area (Å²) in [7, 11) is 1.84. The van der Waals surface area contributed by atoms with Gasteiger partial charge in [0.05, 0.1) is 0 Å². The molecule has 3 heteroatoms. The van der Waals surface area contributed by atoms with E-state index in [1.54, 1.807) is 0 Å². The summed E-state index contributed by atoms with van der Waals surface area (Å²) in [5.74, 6) is 1.70. The SMILES string of the molecule is CCC(CC)CNC(=NC)NC1CC=CC1. The van der Waals surface area contributed by atoms with E-state index in [4.69, 9.17) is 0 Å². The fourth-order valence-electron chi connectivity index (χ4n) is 1.94. The summed E-state index contributed by atoms with van der Waals surface area (Å²) in [6.45, 7) is 5.51. The average molecular weight is 223 g/mol. The van der Waals surface area contributed by atoms with Gasteiger partial charge in [0.2, 0.25) is 0 Å². The van der Waals surface area contributed by atoms with E-state index in [0.29, 0.717) is 6.04 Å². The highest BCUT2D eigenvalue weighted by Gasteiger charge is 2.12. The zero-order valence-electron chi connectivity index (χ0n) is 10.8. The minimum Gasteiger partial charge on any atom is -0.356 e. The van der Waals surface area contributed by atoms with Gasteiger partial charge < -0.3 is 10.6 Å². The van der Waals surface area contributed by atoms with Crippen LogP contribution < -0.4 is 10.6 Å². The van der Waals surface area contributed by atoms with Crippen LogP contribution in [-0.2, 0) is 0 Å². The van der Waals surface area contributed by atoms with Gasteiger partial charge in [-0.3, -0.25) is 4.99 Å². The zero-order valence-corrected chi connectivity index (χ0v) is 10.8. The molecule has 0 saturated heterocycles. The molecule has 0 aromatic rings. The lowest BCUT2D eigenvalue weighted by Crippen LogP contribution is -2.44. The van der Waals surface area contributed by atoms with Gasteiger partial charge in [0.15, 0.2) is 5.96 Å². The molecular formula is C13H25N3. The van der Waals surface area contributed by atoms with Crippen molar-refractivity contribution in [3.05, 3.63) is 12.2 Å². The molecule has 0 spiro atoms. The lowest BCUT2D eigenvalue weighted by molar-refractivity contribution is 0.478. The number of nitrogens with zero attached hydrogens (tertiary/aromatic N) is 1. The number of nitrogens with one attached hydrogen (secondary N) is 2. The Balaban J connectivity index is 2.26.